The zero-order valence-corrected chi connectivity index (χ0v) is 11.9. The highest BCUT2D eigenvalue weighted by atomic mass is 32.2. The Hall–Kier alpha value is -2.09. The average Bonchev–Trinajstić information content (AvgIpc) is 2.59. The van der Waals surface area contributed by atoms with Crippen molar-refractivity contribution < 1.29 is 22.7 Å². The predicted octanol–water partition coefficient (Wildman–Crippen LogP) is 0.131. The van der Waals surface area contributed by atoms with Crippen LogP contribution in [0.4, 0.5) is 0 Å². The van der Waals surface area contributed by atoms with E-state index in [0.717, 1.165) is 0 Å². The van der Waals surface area contributed by atoms with Gasteiger partial charge >= 0.3 is 22.0 Å². The summed E-state index contributed by atoms with van der Waals surface area (Å²) in [6.45, 7) is 1.26. The minimum atomic E-state index is -4.05. The lowest BCUT2D eigenvalue weighted by atomic mass is 10.2. The molecule has 1 aliphatic heterocycles. The van der Waals surface area contributed by atoms with E-state index in [4.69, 9.17) is 4.74 Å². The number of ether oxygens (including phenoxy) is 1. The molecule has 2 rings (SSSR count). The summed E-state index contributed by atoms with van der Waals surface area (Å²) in [7, 11) is -2.54. The van der Waals surface area contributed by atoms with Crippen LogP contribution in [0.3, 0.4) is 0 Å². The number of methoxy groups -OCH3 is 1. The van der Waals surface area contributed by atoms with Crippen molar-refractivity contribution in [3.63, 3.8) is 0 Å². The lowest BCUT2D eigenvalue weighted by Gasteiger charge is -2.16. The first-order chi connectivity index (χ1) is 9.41. The third kappa shape index (κ3) is 2.22. The molecular formula is C12H14N2O5S. The molecule has 0 N–H and O–H groups in total. The Morgan fingerprint density at radius 1 is 1.05 bits per heavy atom. The van der Waals surface area contributed by atoms with Crippen LogP contribution >= 0.6 is 0 Å². The summed E-state index contributed by atoms with van der Waals surface area (Å²) in [6.07, 6.45) is 0. The van der Waals surface area contributed by atoms with Crippen molar-refractivity contribution in [2.75, 3.05) is 13.7 Å². The predicted molar refractivity (Wildman–Crippen MR) is 69.9 cm³/mol. The van der Waals surface area contributed by atoms with E-state index in [1.165, 1.54) is 14.0 Å². The number of hydrogen-bond acceptors (Lipinski definition) is 5. The van der Waals surface area contributed by atoms with E-state index < -0.39 is 22.0 Å². The number of rotatable bonds is 4. The molecule has 0 aromatic heterocycles. The minimum absolute atomic E-state index is 0.0635. The Bertz CT molecular complexity index is 638. The van der Waals surface area contributed by atoms with E-state index >= 15 is 0 Å². The number of amides is 2. The smallest absolute Gasteiger partial charge is 0.331 e. The fourth-order valence-corrected chi connectivity index (χ4v) is 3.35. The van der Waals surface area contributed by atoms with Gasteiger partial charge in [-0.05, 0) is 24.6 Å². The molecule has 7 nitrogen and oxygen atoms in total. The van der Waals surface area contributed by atoms with Gasteiger partial charge in [-0.2, -0.15) is 8.42 Å². The van der Waals surface area contributed by atoms with Gasteiger partial charge in [0, 0.05) is 6.54 Å². The van der Waals surface area contributed by atoms with E-state index in [1.807, 2.05) is 0 Å². The standard InChI is InChI=1S/C12H14N2O5S/c1-3-13-11(15)12(16)14(20(13,17)18)8-9-4-6-10(19-2)7-5-9/h4-7H,3,8H2,1-2H3. The van der Waals surface area contributed by atoms with Gasteiger partial charge in [0.1, 0.15) is 5.75 Å². The van der Waals surface area contributed by atoms with Crippen LogP contribution in [0.25, 0.3) is 0 Å². The fraction of sp³-hybridized carbons (Fsp3) is 0.333. The Balaban J connectivity index is 2.28. The summed E-state index contributed by atoms with van der Waals surface area (Å²) in [5.41, 5.74) is 0.591. The van der Waals surface area contributed by atoms with Gasteiger partial charge in [-0.3, -0.25) is 9.59 Å². The molecule has 0 atom stereocenters. The van der Waals surface area contributed by atoms with Crippen molar-refractivity contribution in [2.24, 2.45) is 0 Å². The quantitative estimate of drug-likeness (QED) is 0.738. The van der Waals surface area contributed by atoms with Gasteiger partial charge < -0.3 is 4.74 Å². The Labute approximate surface area is 116 Å². The van der Waals surface area contributed by atoms with Gasteiger partial charge in [0.15, 0.2) is 0 Å². The van der Waals surface area contributed by atoms with Gasteiger partial charge in [-0.25, -0.2) is 8.61 Å². The van der Waals surface area contributed by atoms with Crippen LogP contribution < -0.4 is 4.74 Å². The second kappa shape index (κ2) is 5.12. The molecule has 0 radical (unpaired) electrons. The molecule has 1 aromatic carbocycles. The summed E-state index contributed by atoms with van der Waals surface area (Å²) >= 11 is 0. The second-order valence-electron chi connectivity index (χ2n) is 4.14. The number of carbonyl (C=O) groups excluding carboxylic acids is 2. The monoisotopic (exact) mass is 298 g/mol. The Kier molecular flexibility index (Phi) is 3.67. The number of carbonyl (C=O) groups is 2. The highest BCUT2D eigenvalue weighted by Crippen LogP contribution is 2.22. The molecule has 8 heteroatoms. The maximum atomic E-state index is 12.1. The molecule has 2 amide bonds. The first-order valence-corrected chi connectivity index (χ1v) is 7.33. The van der Waals surface area contributed by atoms with Crippen LogP contribution in [0.15, 0.2) is 24.3 Å². The zero-order chi connectivity index (χ0) is 14.9. The summed E-state index contributed by atoms with van der Waals surface area (Å²) in [5.74, 6) is -1.42. The lowest BCUT2D eigenvalue weighted by molar-refractivity contribution is -0.143. The number of nitrogens with zero attached hydrogens (tertiary/aromatic N) is 2. The molecule has 1 aliphatic rings. The molecule has 1 fully saturated rings. The molecule has 20 heavy (non-hydrogen) atoms. The van der Waals surface area contributed by atoms with E-state index in [9.17, 15) is 18.0 Å². The molecule has 0 unspecified atom stereocenters. The SMILES string of the molecule is CCN1C(=O)C(=O)N(Cc2ccc(OC)cc2)S1(=O)=O. The normalized spacial score (nSPS) is 17.7. The van der Waals surface area contributed by atoms with Crippen molar-refractivity contribution in [3.8, 4) is 5.75 Å². The maximum Gasteiger partial charge on any atom is 0.331 e. The van der Waals surface area contributed by atoms with E-state index in [-0.39, 0.29) is 13.1 Å². The molecule has 1 aromatic rings. The Morgan fingerprint density at radius 2 is 1.60 bits per heavy atom. The van der Waals surface area contributed by atoms with E-state index in [2.05, 4.69) is 0 Å². The van der Waals surface area contributed by atoms with E-state index in [0.29, 0.717) is 19.9 Å². The summed E-state index contributed by atoms with van der Waals surface area (Å²) in [6, 6.07) is 6.59. The Morgan fingerprint density at radius 3 is 2.05 bits per heavy atom. The van der Waals surface area contributed by atoms with Gasteiger partial charge in [0.2, 0.25) is 0 Å². The van der Waals surface area contributed by atoms with Crippen molar-refractivity contribution in [1.29, 1.82) is 0 Å². The van der Waals surface area contributed by atoms with Crippen LogP contribution in [0, 0.1) is 0 Å². The number of hydrogen-bond donors (Lipinski definition) is 0. The van der Waals surface area contributed by atoms with Crippen molar-refractivity contribution >= 4 is 22.0 Å². The molecule has 0 aliphatic carbocycles. The van der Waals surface area contributed by atoms with Crippen LogP contribution in [0.1, 0.15) is 12.5 Å². The molecule has 1 saturated heterocycles. The van der Waals surface area contributed by atoms with Gasteiger partial charge in [0.25, 0.3) is 0 Å². The summed E-state index contributed by atoms with van der Waals surface area (Å²) in [5, 5.41) is 0. The highest BCUT2D eigenvalue weighted by molar-refractivity contribution is 7.88. The van der Waals surface area contributed by atoms with Crippen molar-refractivity contribution in [2.45, 2.75) is 13.5 Å². The average molecular weight is 298 g/mol. The first-order valence-electron chi connectivity index (χ1n) is 5.93. The molecule has 0 saturated carbocycles. The van der Waals surface area contributed by atoms with Crippen LogP contribution in [-0.2, 0) is 26.3 Å². The third-order valence-corrected chi connectivity index (χ3v) is 4.80. The topological polar surface area (TPSA) is 84.0 Å². The maximum absolute atomic E-state index is 12.1. The first kappa shape index (κ1) is 14.3. The largest absolute Gasteiger partial charge is 0.497 e. The van der Waals surface area contributed by atoms with Crippen LogP contribution in [0.2, 0.25) is 0 Å². The van der Waals surface area contributed by atoms with Crippen molar-refractivity contribution in [3.05, 3.63) is 29.8 Å². The minimum Gasteiger partial charge on any atom is -0.497 e. The third-order valence-electron chi connectivity index (χ3n) is 2.97. The van der Waals surface area contributed by atoms with Crippen molar-refractivity contribution in [1.82, 2.24) is 8.61 Å². The van der Waals surface area contributed by atoms with Gasteiger partial charge in [-0.1, -0.05) is 12.1 Å². The molecule has 108 valence electrons. The molecule has 1 heterocycles. The number of benzene rings is 1. The van der Waals surface area contributed by atoms with Gasteiger partial charge in [0.05, 0.1) is 13.7 Å². The van der Waals surface area contributed by atoms with E-state index in [1.54, 1.807) is 24.3 Å². The molecular weight excluding hydrogens is 284 g/mol. The fourth-order valence-electron chi connectivity index (χ4n) is 1.90. The molecule has 0 spiro atoms. The summed E-state index contributed by atoms with van der Waals surface area (Å²) in [4.78, 5) is 23.3. The zero-order valence-electron chi connectivity index (χ0n) is 11.1. The van der Waals surface area contributed by atoms with Crippen LogP contribution in [0.5, 0.6) is 5.75 Å². The molecule has 0 bridgehead atoms. The second-order valence-corrected chi connectivity index (χ2v) is 5.91. The summed E-state index contributed by atoms with van der Waals surface area (Å²) < 4.78 is 30.3. The van der Waals surface area contributed by atoms with Crippen LogP contribution in [-0.4, -0.2) is 42.5 Å². The highest BCUT2D eigenvalue weighted by Gasteiger charge is 2.48. The lowest BCUT2D eigenvalue weighted by Crippen LogP contribution is -2.34. The van der Waals surface area contributed by atoms with Gasteiger partial charge in [-0.15, -0.1) is 0 Å². The number of likely N-dealkylation sites (N-methyl/N-ethyl adjacent to an activating group) is 1.